The summed E-state index contributed by atoms with van der Waals surface area (Å²) in [5.41, 5.74) is 6.47. The van der Waals surface area contributed by atoms with Crippen molar-refractivity contribution >= 4 is 0 Å². The lowest BCUT2D eigenvalue weighted by Crippen LogP contribution is -2.52. The molecular weight excluding hydrogens is 248 g/mol. The van der Waals surface area contributed by atoms with E-state index in [0.29, 0.717) is 29.5 Å². The van der Waals surface area contributed by atoms with Gasteiger partial charge in [-0.25, -0.2) is 0 Å². The smallest absolute Gasteiger partial charge is 0.0703 e. The van der Waals surface area contributed by atoms with E-state index in [-0.39, 0.29) is 0 Å². The van der Waals surface area contributed by atoms with Gasteiger partial charge in [-0.15, -0.1) is 0 Å². The molecular formula is C17H34N2O. The highest BCUT2D eigenvalue weighted by atomic mass is 16.5. The molecule has 1 aliphatic carbocycles. The van der Waals surface area contributed by atoms with Crippen LogP contribution in [0.4, 0.5) is 0 Å². The number of hydrogen-bond donors (Lipinski definition) is 1. The van der Waals surface area contributed by atoms with Crippen LogP contribution in [0.2, 0.25) is 0 Å². The normalized spacial score (nSPS) is 39.5. The molecule has 0 aromatic rings. The summed E-state index contributed by atoms with van der Waals surface area (Å²) in [5.74, 6) is 1.47. The van der Waals surface area contributed by atoms with Gasteiger partial charge in [0.25, 0.3) is 0 Å². The average molecular weight is 282 g/mol. The summed E-state index contributed by atoms with van der Waals surface area (Å²) >= 11 is 0. The molecule has 2 aliphatic rings. The molecule has 5 unspecified atom stereocenters. The first-order chi connectivity index (χ1) is 9.34. The van der Waals surface area contributed by atoms with Gasteiger partial charge in [-0.05, 0) is 63.5 Å². The molecule has 2 fully saturated rings. The Labute approximate surface area is 125 Å². The molecule has 1 heterocycles. The fourth-order valence-corrected chi connectivity index (χ4v) is 4.27. The van der Waals surface area contributed by atoms with Crippen LogP contribution in [-0.2, 0) is 4.74 Å². The van der Waals surface area contributed by atoms with Crippen molar-refractivity contribution in [1.82, 2.24) is 4.90 Å². The fourth-order valence-electron chi connectivity index (χ4n) is 4.27. The summed E-state index contributed by atoms with van der Waals surface area (Å²) in [6.07, 6.45) is 5.46. The van der Waals surface area contributed by atoms with Crippen LogP contribution in [0, 0.1) is 17.3 Å². The van der Waals surface area contributed by atoms with Gasteiger partial charge >= 0.3 is 0 Å². The van der Waals surface area contributed by atoms with E-state index >= 15 is 0 Å². The summed E-state index contributed by atoms with van der Waals surface area (Å²) in [5, 5.41) is 0. The van der Waals surface area contributed by atoms with E-state index in [4.69, 9.17) is 10.5 Å². The minimum absolute atomic E-state index is 0.369. The highest BCUT2D eigenvalue weighted by Gasteiger charge is 2.40. The molecule has 0 amide bonds. The molecule has 1 saturated carbocycles. The number of nitrogens with two attached hydrogens (primary N) is 1. The topological polar surface area (TPSA) is 38.5 Å². The number of hydrogen-bond acceptors (Lipinski definition) is 3. The van der Waals surface area contributed by atoms with Crippen LogP contribution < -0.4 is 5.73 Å². The Morgan fingerprint density at radius 1 is 1.15 bits per heavy atom. The Morgan fingerprint density at radius 3 is 2.35 bits per heavy atom. The first-order valence-corrected chi connectivity index (χ1v) is 8.38. The molecule has 0 spiro atoms. The minimum Gasteiger partial charge on any atom is -0.377 e. The molecule has 0 radical (unpaired) electrons. The van der Waals surface area contributed by atoms with Crippen molar-refractivity contribution < 1.29 is 4.74 Å². The van der Waals surface area contributed by atoms with Gasteiger partial charge in [0.15, 0.2) is 0 Å². The van der Waals surface area contributed by atoms with Gasteiger partial charge in [-0.2, -0.15) is 0 Å². The second-order valence-electron chi connectivity index (χ2n) is 8.04. The molecule has 118 valence electrons. The molecule has 1 saturated heterocycles. The van der Waals surface area contributed by atoms with Crippen molar-refractivity contribution in [1.29, 1.82) is 0 Å². The number of rotatable bonds is 3. The van der Waals surface area contributed by atoms with Crippen LogP contribution in [-0.4, -0.2) is 43.3 Å². The summed E-state index contributed by atoms with van der Waals surface area (Å²) < 4.78 is 5.77. The third kappa shape index (κ3) is 3.37. The SMILES string of the molecule is CC1OCCC1N(C)C1CC(C(C)(C)C)CCC1CN. The fraction of sp³-hybridized carbons (Fsp3) is 1.00. The lowest BCUT2D eigenvalue weighted by atomic mass is 9.67. The Morgan fingerprint density at radius 2 is 1.85 bits per heavy atom. The predicted octanol–water partition coefficient (Wildman–Crippen LogP) is 2.89. The van der Waals surface area contributed by atoms with Crippen molar-refractivity contribution in [3.8, 4) is 0 Å². The molecule has 0 aromatic carbocycles. The molecule has 3 heteroatoms. The third-order valence-electron chi connectivity index (χ3n) is 5.87. The van der Waals surface area contributed by atoms with Crippen LogP contribution in [0.3, 0.4) is 0 Å². The van der Waals surface area contributed by atoms with Crippen LogP contribution in [0.25, 0.3) is 0 Å². The zero-order valence-corrected chi connectivity index (χ0v) is 14.1. The van der Waals surface area contributed by atoms with Gasteiger partial charge in [0.1, 0.15) is 0 Å². The van der Waals surface area contributed by atoms with Gasteiger partial charge in [-0.1, -0.05) is 20.8 Å². The first kappa shape index (κ1) is 16.3. The van der Waals surface area contributed by atoms with E-state index in [2.05, 4.69) is 39.6 Å². The van der Waals surface area contributed by atoms with E-state index in [1.54, 1.807) is 0 Å². The van der Waals surface area contributed by atoms with Crippen LogP contribution in [0.5, 0.6) is 0 Å². The summed E-state index contributed by atoms with van der Waals surface area (Å²) in [4.78, 5) is 2.60. The summed E-state index contributed by atoms with van der Waals surface area (Å²) in [6, 6.07) is 1.21. The molecule has 1 aliphatic heterocycles. The van der Waals surface area contributed by atoms with Crippen LogP contribution >= 0.6 is 0 Å². The van der Waals surface area contributed by atoms with E-state index in [0.717, 1.165) is 19.1 Å². The van der Waals surface area contributed by atoms with Crippen molar-refractivity contribution in [2.24, 2.45) is 23.0 Å². The lowest BCUT2D eigenvalue weighted by Gasteiger charge is -2.47. The lowest BCUT2D eigenvalue weighted by molar-refractivity contribution is 0.0127. The van der Waals surface area contributed by atoms with Crippen molar-refractivity contribution in [3.05, 3.63) is 0 Å². The Bertz CT molecular complexity index is 313. The second-order valence-corrected chi connectivity index (χ2v) is 8.04. The molecule has 0 bridgehead atoms. The Kier molecular flexibility index (Phi) is 5.14. The minimum atomic E-state index is 0.369. The zero-order valence-electron chi connectivity index (χ0n) is 14.1. The Balaban J connectivity index is 2.08. The molecule has 0 aromatic heterocycles. The number of nitrogens with zero attached hydrogens (tertiary/aromatic N) is 1. The zero-order chi connectivity index (χ0) is 14.9. The molecule has 3 nitrogen and oxygen atoms in total. The van der Waals surface area contributed by atoms with Crippen molar-refractivity contribution in [3.63, 3.8) is 0 Å². The predicted molar refractivity (Wildman–Crippen MR) is 84.7 cm³/mol. The van der Waals surface area contributed by atoms with Gasteiger partial charge < -0.3 is 10.5 Å². The quantitative estimate of drug-likeness (QED) is 0.865. The third-order valence-corrected chi connectivity index (χ3v) is 5.87. The van der Waals surface area contributed by atoms with E-state index in [1.807, 2.05) is 0 Å². The van der Waals surface area contributed by atoms with Gasteiger partial charge in [0.05, 0.1) is 6.10 Å². The number of ether oxygens (including phenoxy) is 1. The summed E-state index contributed by atoms with van der Waals surface area (Å²) in [6.45, 7) is 11.1. The van der Waals surface area contributed by atoms with E-state index in [9.17, 15) is 0 Å². The highest BCUT2D eigenvalue weighted by Crippen LogP contribution is 2.42. The first-order valence-electron chi connectivity index (χ1n) is 8.38. The van der Waals surface area contributed by atoms with Gasteiger partial charge in [0, 0.05) is 18.7 Å². The second kappa shape index (κ2) is 6.33. The number of likely N-dealkylation sites (N-methyl/N-ethyl adjacent to an activating group) is 1. The van der Waals surface area contributed by atoms with Crippen LogP contribution in [0.1, 0.15) is 53.4 Å². The highest BCUT2D eigenvalue weighted by molar-refractivity contribution is 4.94. The molecule has 5 atom stereocenters. The summed E-state index contributed by atoms with van der Waals surface area (Å²) in [7, 11) is 2.30. The molecule has 2 rings (SSSR count). The average Bonchev–Trinajstić information content (AvgIpc) is 2.82. The largest absolute Gasteiger partial charge is 0.377 e. The molecule has 20 heavy (non-hydrogen) atoms. The Hall–Kier alpha value is -0.120. The van der Waals surface area contributed by atoms with Gasteiger partial charge in [0.2, 0.25) is 0 Å². The maximum absolute atomic E-state index is 6.06. The van der Waals surface area contributed by atoms with Crippen molar-refractivity contribution in [2.75, 3.05) is 20.2 Å². The maximum atomic E-state index is 6.06. The van der Waals surface area contributed by atoms with Gasteiger partial charge in [-0.3, -0.25) is 4.90 Å². The van der Waals surface area contributed by atoms with E-state index < -0.39 is 0 Å². The monoisotopic (exact) mass is 282 g/mol. The maximum Gasteiger partial charge on any atom is 0.0703 e. The van der Waals surface area contributed by atoms with Crippen molar-refractivity contribution in [2.45, 2.75) is 71.6 Å². The van der Waals surface area contributed by atoms with Crippen LogP contribution in [0.15, 0.2) is 0 Å². The van der Waals surface area contributed by atoms with E-state index in [1.165, 1.54) is 25.7 Å². The molecule has 2 N–H and O–H groups in total. The standard InChI is InChI=1S/C17H34N2O/c1-12-15(8-9-20-12)19(5)16-10-14(17(2,3)4)7-6-13(16)11-18/h12-16H,6-11,18H2,1-5H3.